The third kappa shape index (κ3) is 4.56. The van der Waals surface area contributed by atoms with Gasteiger partial charge in [0.05, 0.1) is 21.0 Å². The molecule has 0 atom stereocenters. The van der Waals surface area contributed by atoms with Gasteiger partial charge in [0.15, 0.2) is 0 Å². The summed E-state index contributed by atoms with van der Waals surface area (Å²) in [4.78, 5) is 2.96. The topological polar surface area (TPSA) is 66.1 Å². The van der Waals surface area contributed by atoms with Crippen LogP contribution in [0.5, 0.6) is 0 Å². The number of aryl methyl sites for hydroxylation is 1. The van der Waals surface area contributed by atoms with Crippen LogP contribution in [0.1, 0.15) is 37.8 Å². The van der Waals surface area contributed by atoms with E-state index in [1.165, 1.54) is 39.5 Å². The second-order valence-corrected chi connectivity index (χ2v) is 14.3. The largest absolute Gasteiger partial charge is 0.370 e. The first-order valence-electron chi connectivity index (χ1n) is 14.0. The normalized spacial score (nSPS) is 16.5. The van der Waals surface area contributed by atoms with E-state index < -0.39 is 15.8 Å². The molecule has 1 fully saturated rings. The van der Waals surface area contributed by atoms with Gasteiger partial charge in [-0.05, 0) is 67.8 Å². The molecule has 0 N–H and O–H groups in total. The summed E-state index contributed by atoms with van der Waals surface area (Å²) in [5.74, 6) is 0.243. The summed E-state index contributed by atoms with van der Waals surface area (Å²) in [6, 6.07) is 21.1. The van der Waals surface area contributed by atoms with Crippen LogP contribution in [0.15, 0.2) is 88.7 Å². The molecule has 0 bridgehead atoms. The number of hydrogen-bond donors (Lipinski definition) is 0. The Kier molecular flexibility index (Phi) is 7.07. The molecule has 3 aromatic carbocycles. The molecule has 5 nitrogen and oxygen atoms in total. The predicted molar refractivity (Wildman–Crippen MR) is 170 cm³/mol. The predicted octanol–water partition coefficient (Wildman–Crippen LogP) is 8.16. The van der Waals surface area contributed by atoms with Crippen molar-refractivity contribution >= 4 is 43.9 Å². The minimum Gasteiger partial charge on any atom is -0.370 e. The zero-order valence-electron chi connectivity index (χ0n) is 23.9. The lowest BCUT2D eigenvalue weighted by atomic mass is 9.74. The number of hydrogen-bond acceptors (Lipinski definition) is 5. The van der Waals surface area contributed by atoms with Crippen molar-refractivity contribution in [3.8, 4) is 17.3 Å². The summed E-state index contributed by atoms with van der Waals surface area (Å²) in [6.45, 7) is 12.2. The van der Waals surface area contributed by atoms with E-state index in [0.717, 1.165) is 36.3 Å². The summed E-state index contributed by atoms with van der Waals surface area (Å²) >= 11 is 1.45. The number of nitriles is 1. The van der Waals surface area contributed by atoms with Crippen LogP contribution >= 0.6 is 11.8 Å². The third-order valence-corrected chi connectivity index (χ3v) is 11.3. The first kappa shape index (κ1) is 28.3. The molecular formula is C34H32FN3O2S2. The molecule has 8 heteroatoms. The molecule has 1 saturated heterocycles. The van der Waals surface area contributed by atoms with Gasteiger partial charge in [0, 0.05) is 46.5 Å². The number of benzene rings is 3. The van der Waals surface area contributed by atoms with Crippen LogP contribution in [0.4, 0.5) is 10.1 Å². The Morgan fingerprint density at radius 3 is 2.55 bits per heavy atom. The van der Waals surface area contributed by atoms with Gasteiger partial charge in [0.2, 0.25) is 0 Å². The fourth-order valence-corrected chi connectivity index (χ4v) is 8.64. The van der Waals surface area contributed by atoms with Crippen molar-refractivity contribution in [1.29, 1.82) is 5.26 Å². The molecule has 42 heavy (non-hydrogen) atoms. The Morgan fingerprint density at radius 2 is 1.86 bits per heavy atom. The van der Waals surface area contributed by atoms with Crippen LogP contribution in [-0.2, 0) is 10.0 Å². The number of fused-ring (bicyclic) bond motifs is 1. The summed E-state index contributed by atoms with van der Waals surface area (Å²) in [5, 5.41) is 10.5. The average molecular weight is 598 g/mol. The third-order valence-electron chi connectivity index (χ3n) is 8.57. The molecule has 0 unspecified atom stereocenters. The van der Waals surface area contributed by atoms with Crippen molar-refractivity contribution in [1.82, 2.24) is 3.97 Å². The van der Waals surface area contributed by atoms with Gasteiger partial charge in [-0.2, -0.15) is 5.26 Å². The molecule has 1 aromatic heterocycles. The Balaban J connectivity index is 1.63. The molecule has 0 spiro atoms. The number of rotatable bonds is 7. The number of halogens is 1. The van der Waals surface area contributed by atoms with E-state index in [2.05, 4.69) is 31.4 Å². The maximum absolute atomic E-state index is 14.8. The Morgan fingerprint density at radius 1 is 1.12 bits per heavy atom. The maximum atomic E-state index is 14.8. The van der Waals surface area contributed by atoms with Crippen molar-refractivity contribution < 1.29 is 12.8 Å². The van der Waals surface area contributed by atoms with E-state index in [1.54, 1.807) is 24.3 Å². The number of thioether (sulfide) groups is 1. The zero-order valence-corrected chi connectivity index (χ0v) is 25.6. The molecule has 0 aliphatic carbocycles. The van der Waals surface area contributed by atoms with Crippen LogP contribution in [0.3, 0.4) is 0 Å². The zero-order chi connectivity index (χ0) is 29.8. The highest BCUT2D eigenvalue weighted by atomic mass is 32.2. The molecule has 4 aromatic rings. The Bertz CT molecular complexity index is 1930. The first-order chi connectivity index (χ1) is 20.1. The molecular weight excluding hydrogens is 566 g/mol. The smallest absolute Gasteiger partial charge is 0.268 e. The highest BCUT2D eigenvalue weighted by Crippen LogP contribution is 2.48. The van der Waals surface area contributed by atoms with Crippen LogP contribution in [0.2, 0.25) is 0 Å². The van der Waals surface area contributed by atoms with E-state index in [-0.39, 0.29) is 10.3 Å². The summed E-state index contributed by atoms with van der Waals surface area (Å²) < 4.78 is 45.1. The summed E-state index contributed by atoms with van der Waals surface area (Å²) in [6.07, 6.45) is 1.51. The molecule has 2 aliphatic heterocycles. The monoisotopic (exact) mass is 597 g/mol. The average Bonchev–Trinajstić information content (AvgIpc) is 3.57. The minimum absolute atomic E-state index is 0.0324. The molecule has 6 rings (SSSR count). The lowest BCUT2D eigenvalue weighted by Crippen LogP contribution is -2.55. The van der Waals surface area contributed by atoms with Gasteiger partial charge >= 0.3 is 0 Å². The SMILES string of the molecule is C=C(CC)C1(C)CN(c2cccc(-c3c(C4=C(C#N)SCC4)c4cc(F)ccc4n3S(=O)(=O)c3ccc(C)cc3)c2)C1. The molecule has 214 valence electrons. The van der Waals surface area contributed by atoms with E-state index in [1.807, 2.05) is 31.2 Å². The van der Waals surface area contributed by atoms with Crippen LogP contribution < -0.4 is 4.90 Å². The second-order valence-electron chi connectivity index (χ2n) is 11.4. The van der Waals surface area contributed by atoms with Crippen LogP contribution in [-0.4, -0.2) is 31.2 Å². The van der Waals surface area contributed by atoms with E-state index in [4.69, 9.17) is 0 Å². The Labute approximate surface area is 251 Å². The van der Waals surface area contributed by atoms with Gasteiger partial charge in [-0.15, -0.1) is 11.8 Å². The lowest BCUT2D eigenvalue weighted by molar-refractivity contribution is 0.296. The van der Waals surface area contributed by atoms with E-state index in [9.17, 15) is 18.1 Å². The van der Waals surface area contributed by atoms with Gasteiger partial charge in [-0.3, -0.25) is 0 Å². The highest BCUT2D eigenvalue weighted by Gasteiger charge is 2.40. The first-order valence-corrected chi connectivity index (χ1v) is 16.5. The van der Waals surface area contributed by atoms with Crippen molar-refractivity contribution in [2.24, 2.45) is 5.41 Å². The minimum atomic E-state index is -4.11. The summed E-state index contributed by atoms with van der Waals surface area (Å²) in [5.41, 5.74) is 6.06. The van der Waals surface area contributed by atoms with E-state index >= 15 is 0 Å². The van der Waals surface area contributed by atoms with Crippen LogP contribution in [0, 0.1) is 29.5 Å². The van der Waals surface area contributed by atoms with Gasteiger partial charge in [-0.25, -0.2) is 16.8 Å². The maximum Gasteiger partial charge on any atom is 0.268 e. The highest BCUT2D eigenvalue weighted by molar-refractivity contribution is 8.03. The van der Waals surface area contributed by atoms with Crippen molar-refractivity contribution in [2.45, 2.75) is 38.5 Å². The number of anilines is 1. The lowest BCUT2D eigenvalue weighted by Gasteiger charge is -2.50. The fourth-order valence-electron chi connectivity index (χ4n) is 6.14. The molecule has 0 amide bonds. The van der Waals surface area contributed by atoms with E-state index in [0.29, 0.717) is 44.8 Å². The molecule has 2 aliphatic rings. The number of allylic oxidation sites excluding steroid dienone is 2. The van der Waals surface area contributed by atoms with Crippen molar-refractivity contribution in [3.05, 3.63) is 101 Å². The Hall–Kier alpha value is -3.80. The van der Waals surface area contributed by atoms with Gasteiger partial charge in [-0.1, -0.05) is 55.8 Å². The molecule has 3 heterocycles. The quantitative estimate of drug-likeness (QED) is 0.201. The van der Waals surface area contributed by atoms with Gasteiger partial charge in [0.1, 0.15) is 11.9 Å². The molecule has 0 radical (unpaired) electrons. The second kappa shape index (κ2) is 10.5. The number of aromatic nitrogens is 1. The van der Waals surface area contributed by atoms with Crippen LogP contribution in [0.25, 0.3) is 27.7 Å². The molecule has 0 saturated carbocycles. The summed E-state index contributed by atoms with van der Waals surface area (Å²) in [7, 11) is -4.11. The van der Waals surface area contributed by atoms with Gasteiger partial charge in [0.25, 0.3) is 10.0 Å². The number of nitrogens with zero attached hydrogens (tertiary/aromatic N) is 3. The van der Waals surface area contributed by atoms with Gasteiger partial charge < -0.3 is 4.90 Å². The fraction of sp³-hybridized carbons (Fsp3) is 0.265. The van der Waals surface area contributed by atoms with Crippen molar-refractivity contribution in [2.75, 3.05) is 23.7 Å². The standard InChI is InChI=1S/C34H32FN3O2S2/c1-5-23(3)34(4)20-37(21-34)26-8-6-7-24(17-26)33-32(28-15-16-41-31(28)19-36)29-18-25(35)11-14-30(29)38(33)42(39,40)27-12-9-22(2)10-13-27/h6-14,17-18H,3,5,15-16,20-21H2,1-2,4H3. The van der Waals surface area contributed by atoms with Crippen molar-refractivity contribution in [3.63, 3.8) is 0 Å².